The summed E-state index contributed by atoms with van der Waals surface area (Å²) in [6, 6.07) is 15.4. The molecule has 1 heterocycles. The second-order valence-electron chi connectivity index (χ2n) is 5.66. The summed E-state index contributed by atoms with van der Waals surface area (Å²) in [7, 11) is 1.63. The molecule has 134 valence electrons. The summed E-state index contributed by atoms with van der Waals surface area (Å²) in [6.45, 7) is 3.97. The van der Waals surface area contributed by atoms with Crippen molar-refractivity contribution in [2.45, 2.75) is 13.8 Å². The molecule has 6 heteroatoms. The Hall–Kier alpha value is -2.60. The van der Waals surface area contributed by atoms with Crippen LogP contribution in [0.3, 0.4) is 0 Å². The van der Waals surface area contributed by atoms with Crippen molar-refractivity contribution >= 4 is 21.9 Å². The fraction of sp³-hybridized carbons (Fsp3) is 0.200. The minimum Gasteiger partial charge on any atom is -0.497 e. The summed E-state index contributed by atoms with van der Waals surface area (Å²) >= 11 is 3.49. The average molecular weight is 415 g/mol. The van der Waals surface area contributed by atoms with Gasteiger partial charge in [0.05, 0.1) is 25.1 Å². The summed E-state index contributed by atoms with van der Waals surface area (Å²) in [5.41, 5.74) is 3.72. The SMILES string of the molecule is CCOC(=O)c1nn(-c2cccc(Br)c2)c(-c2ccc(OC)cc2)c1C. The Morgan fingerprint density at radius 2 is 1.92 bits per heavy atom. The third-order valence-corrected chi connectivity index (χ3v) is 4.50. The van der Waals surface area contributed by atoms with E-state index in [1.165, 1.54) is 0 Å². The summed E-state index contributed by atoms with van der Waals surface area (Å²) < 4.78 is 13.1. The van der Waals surface area contributed by atoms with Crippen LogP contribution in [0.25, 0.3) is 16.9 Å². The number of carbonyl (C=O) groups excluding carboxylic acids is 1. The summed E-state index contributed by atoms with van der Waals surface area (Å²) in [5, 5.41) is 4.55. The van der Waals surface area contributed by atoms with Crippen LogP contribution >= 0.6 is 15.9 Å². The zero-order valence-corrected chi connectivity index (χ0v) is 16.4. The number of aromatic nitrogens is 2. The third kappa shape index (κ3) is 3.51. The van der Waals surface area contributed by atoms with E-state index in [-0.39, 0.29) is 0 Å². The lowest BCUT2D eigenvalue weighted by Gasteiger charge is -2.10. The maximum absolute atomic E-state index is 12.3. The van der Waals surface area contributed by atoms with Gasteiger partial charge in [0.2, 0.25) is 0 Å². The van der Waals surface area contributed by atoms with Crippen molar-refractivity contribution in [3.63, 3.8) is 0 Å². The van der Waals surface area contributed by atoms with Gasteiger partial charge in [-0.25, -0.2) is 9.48 Å². The Kier molecular flexibility index (Phi) is 5.42. The molecule has 0 radical (unpaired) electrons. The molecule has 2 aromatic carbocycles. The van der Waals surface area contributed by atoms with Gasteiger partial charge >= 0.3 is 5.97 Å². The number of nitrogens with zero attached hydrogens (tertiary/aromatic N) is 2. The summed E-state index contributed by atoms with van der Waals surface area (Å²) in [6.07, 6.45) is 0. The highest BCUT2D eigenvalue weighted by atomic mass is 79.9. The zero-order valence-electron chi connectivity index (χ0n) is 14.8. The fourth-order valence-electron chi connectivity index (χ4n) is 2.77. The molecular formula is C20H19BrN2O3. The molecule has 0 unspecified atom stereocenters. The van der Waals surface area contributed by atoms with Crippen LogP contribution in [0.1, 0.15) is 23.0 Å². The van der Waals surface area contributed by atoms with Crippen LogP contribution in [0.4, 0.5) is 0 Å². The van der Waals surface area contributed by atoms with Crippen LogP contribution < -0.4 is 4.74 Å². The number of hydrogen-bond acceptors (Lipinski definition) is 4. The molecule has 3 rings (SSSR count). The number of esters is 1. The van der Waals surface area contributed by atoms with Crippen LogP contribution in [0.15, 0.2) is 53.0 Å². The van der Waals surface area contributed by atoms with Crippen molar-refractivity contribution in [3.8, 4) is 22.7 Å². The molecular weight excluding hydrogens is 396 g/mol. The first-order valence-electron chi connectivity index (χ1n) is 8.22. The maximum Gasteiger partial charge on any atom is 0.359 e. The molecule has 1 aromatic heterocycles. The molecule has 0 atom stereocenters. The van der Waals surface area contributed by atoms with Gasteiger partial charge in [0.25, 0.3) is 0 Å². The molecule has 0 fully saturated rings. The molecule has 0 spiro atoms. The number of halogens is 1. The quantitative estimate of drug-likeness (QED) is 0.562. The van der Waals surface area contributed by atoms with E-state index in [4.69, 9.17) is 9.47 Å². The smallest absolute Gasteiger partial charge is 0.359 e. The Morgan fingerprint density at radius 1 is 1.19 bits per heavy atom. The minimum absolute atomic E-state index is 0.305. The molecule has 0 saturated heterocycles. The topological polar surface area (TPSA) is 53.3 Å². The second kappa shape index (κ2) is 7.74. The zero-order chi connectivity index (χ0) is 18.7. The van der Waals surface area contributed by atoms with Crippen LogP contribution in [-0.2, 0) is 4.74 Å². The van der Waals surface area contributed by atoms with Crippen molar-refractivity contribution in [1.82, 2.24) is 9.78 Å². The Balaban J connectivity index is 2.20. The Bertz CT molecular complexity index is 933. The van der Waals surface area contributed by atoms with Gasteiger partial charge in [0.15, 0.2) is 5.69 Å². The molecule has 0 aliphatic rings. The second-order valence-corrected chi connectivity index (χ2v) is 6.58. The maximum atomic E-state index is 12.3. The summed E-state index contributed by atoms with van der Waals surface area (Å²) in [4.78, 5) is 12.3. The molecule has 5 nitrogen and oxygen atoms in total. The lowest BCUT2D eigenvalue weighted by molar-refractivity contribution is 0.0518. The van der Waals surface area contributed by atoms with Gasteiger partial charge in [-0.05, 0) is 56.3 Å². The molecule has 0 aliphatic heterocycles. The lowest BCUT2D eigenvalue weighted by Crippen LogP contribution is -2.07. The van der Waals surface area contributed by atoms with Gasteiger partial charge in [-0.1, -0.05) is 22.0 Å². The van der Waals surface area contributed by atoms with Gasteiger partial charge in [-0.15, -0.1) is 0 Å². The highest BCUT2D eigenvalue weighted by Crippen LogP contribution is 2.31. The minimum atomic E-state index is -0.423. The van der Waals surface area contributed by atoms with E-state index < -0.39 is 5.97 Å². The fourth-order valence-corrected chi connectivity index (χ4v) is 3.16. The number of carbonyl (C=O) groups is 1. The first-order valence-corrected chi connectivity index (χ1v) is 9.01. The average Bonchev–Trinajstić information content (AvgIpc) is 2.99. The van der Waals surface area contributed by atoms with Crippen LogP contribution in [-0.4, -0.2) is 29.5 Å². The van der Waals surface area contributed by atoms with Gasteiger partial charge in [-0.2, -0.15) is 5.10 Å². The molecule has 0 amide bonds. The van der Waals surface area contributed by atoms with Crippen LogP contribution in [0, 0.1) is 6.92 Å². The Morgan fingerprint density at radius 3 is 2.54 bits per heavy atom. The lowest BCUT2D eigenvalue weighted by atomic mass is 10.1. The van der Waals surface area contributed by atoms with Crippen LogP contribution in [0.5, 0.6) is 5.75 Å². The molecule has 0 bridgehead atoms. The van der Waals surface area contributed by atoms with E-state index in [2.05, 4.69) is 21.0 Å². The molecule has 0 N–H and O–H groups in total. The molecule has 0 saturated carbocycles. The third-order valence-electron chi connectivity index (χ3n) is 4.01. The number of hydrogen-bond donors (Lipinski definition) is 0. The number of methoxy groups -OCH3 is 1. The Labute approximate surface area is 160 Å². The predicted octanol–water partition coefficient (Wildman–Crippen LogP) is 4.80. The molecule has 3 aromatic rings. The largest absolute Gasteiger partial charge is 0.497 e. The van der Waals surface area contributed by atoms with Crippen molar-refractivity contribution in [2.75, 3.05) is 13.7 Å². The number of benzene rings is 2. The van der Waals surface area contributed by atoms with E-state index in [1.54, 1.807) is 18.7 Å². The van der Waals surface area contributed by atoms with E-state index in [1.807, 2.05) is 55.5 Å². The molecule has 0 aliphatic carbocycles. The number of rotatable bonds is 5. The highest BCUT2D eigenvalue weighted by molar-refractivity contribution is 9.10. The van der Waals surface area contributed by atoms with Gasteiger partial charge in [0, 0.05) is 15.6 Å². The van der Waals surface area contributed by atoms with Crippen LogP contribution in [0.2, 0.25) is 0 Å². The van der Waals surface area contributed by atoms with Gasteiger partial charge < -0.3 is 9.47 Å². The standard InChI is InChI=1S/C20H19BrN2O3/c1-4-26-20(24)18-13(2)19(14-8-10-17(25-3)11-9-14)23(22-18)16-7-5-6-15(21)12-16/h5-12H,4H2,1-3H3. The van der Waals surface area contributed by atoms with Crippen molar-refractivity contribution in [1.29, 1.82) is 0 Å². The normalized spacial score (nSPS) is 10.6. The van der Waals surface area contributed by atoms with Gasteiger partial charge in [-0.3, -0.25) is 0 Å². The van der Waals surface area contributed by atoms with Crippen molar-refractivity contribution in [3.05, 3.63) is 64.3 Å². The van der Waals surface area contributed by atoms with E-state index in [0.29, 0.717) is 12.3 Å². The molecule has 26 heavy (non-hydrogen) atoms. The first kappa shape index (κ1) is 18.2. The van der Waals surface area contributed by atoms with E-state index in [9.17, 15) is 4.79 Å². The monoisotopic (exact) mass is 414 g/mol. The van der Waals surface area contributed by atoms with Crippen molar-refractivity contribution in [2.24, 2.45) is 0 Å². The number of ether oxygens (including phenoxy) is 2. The predicted molar refractivity (Wildman–Crippen MR) is 104 cm³/mol. The van der Waals surface area contributed by atoms with Crippen molar-refractivity contribution < 1.29 is 14.3 Å². The summed E-state index contributed by atoms with van der Waals surface area (Å²) in [5.74, 6) is 0.346. The highest BCUT2D eigenvalue weighted by Gasteiger charge is 2.23. The van der Waals surface area contributed by atoms with E-state index in [0.717, 1.165) is 32.7 Å². The van der Waals surface area contributed by atoms with E-state index >= 15 is 0 Å². The van der Waals surface area contributed by atoms with Gasteiger partial charge in [0.1, 0.15) is 5.75 Å². The first-order chi connectivity index (χ1) is 12.5.